The molecule has 0 atom stereocenters. The van der Waals surface area contributed by atoms with Crippen molar-refractivity contribution >= 4 is 27.2 Å². The number of aromatic hydroxyl groups is 1. The number of Topliss-reactive ketones (excluding diaryl/α,β-unsaturated/α-hetero) is 1. The normalized spacial score (nSPS) is 10.5. The number of thiophene rings is 1. The van der Waals surface area contributed by atoms with Gasteiger partial charge >= 0.3 is 0 Å². The van der Waals surface area contributed by atoms with Gasteiger partial charge in [-0.15, -0.1) is 0 Å². The highest BCUT2D eigenvalue weighted by Gasteiger charge is 2.13. The second-order valence-corrected chi connectivity index (χ2v) is 3.87. The fourth-order valence-corrected chi connectivity index (χ4v) is 2.36. The van der Waals surface area contributed by atoms with E-state index in [1.807, 2.05) is 24.3 Å². The van der Waals surface area contributed by atoms with Gasteiger partial charge in [0.1, 0.15) is 0 Å². The van der Waals surface area contributed by atoms with Crippen molar-refractivity contribution < 1.29 is 9.90 Å². The third-order valence-corrected chi connectivity index (χ3v) is 2.90. The largest absolute Gasteiger partial charge is 0.499 e. The molecule has 0 aliphatic rings. The van der Waals surface area contributed by atoms with Crippen LogP contribution >= 0.6 is 11.3 Å². The van der Waals surface area contributed by atoms with E-state index in [1.54, 1.807) is 0 Å². The van der Waals surface area contributed by atoms with Gasteiger partial charge in [0, 0.05) is 10.1 Å². The molecule has 2 nitrogen and oxygen atoms in total. The molecule has 1 aromatic heterocycles. The van der Waals surface area contributed by atoms with Crippen molar-refractivity contribution in [2.75, 3.05) is 0 Å². The molecule has 0 fully saturated rings. The summed E-state index contributed by atoms with van der Waals surface area (Å²) in [6.45, 7) is 1.47. The highest BCUT2D eigenvalue weighted by molar-refractivity contribution is 7.21. The Morgan fingerprint density at radius 1 is 1.38 bits per heavy atom. The van der Waals surface area contributed by atoms with Crippen LogP contribution in [0.5, 0.6) is 5.06 Å². The van der Waals surface area contributed by atoms with Gasteiger partial charge in [-0.25, -0.2) is 0 Å². The van der Waals surface area contributed by atoms with Crippen LogP contribution in [0, 0.1) is 0 Å². The maximum absolute atomic E-state index is 11.2. The quantitative estimate of drug-likeness (QED) is 0.705. The molecule has 1 heterocycles. The van der Waals surface area contributed by atoms with Crippen molar-refractivity contribution in [3.63, 3.8) is 0 Å². The average Bonchev–Trinajstić information content (AvgIpc) is 2.39. The molecular weight excluding hydrogens is 184 g/mol. The zero-order valence-corrected chi connectivity index (χ0v) is 7.89. The van der Waals surface area contributed by atoms with Gasteiger partial charge in [0.25, 0.3) is 0 Å². The Morgan fingerprint density at radius 2 is 2.08 bits per heavy atom. The minimum atomic E-state index is -0.0880. The number of benzene rings is 1. The molecule has 3 heteroatoms. The summed E-state index contributed by atoms with van der Waals surface area (Å²) in [4.78, 5) is 11.2. The van der Waals surface area contributed by atoms with E-state index in [-0.39, 0.29) is 10.8 Å². The van der Waals surface area contributed by atoms with Gasteiger partial charge in [-0.05, 0) is 13.0 Å². The summed E-state index contributed by atoms with van der Waals surface area (Å²) in [5.74, 6) is -0.0880. The molecule has 0 aliphatic carbocycles. The molecule has 0 spiro atoms. The van der Waals surface area contributed by atoms with Crippen molar-refractivity contribution in [1.82, 2.24) is 0 Å². The summed E-state index contributed by atoms with van der Waals surface area (Å²) < 4.78 is 0.949. The molecule has 0 saturated carbocycles. The fourth-order valence-electron chi connectivity index (χ4n) is 1.37. The number of fused-ring (bicyclic) bond motifs is 1. The van der Waals surface area contributed by atoms with Gasteiger partial charge in [0.15, 0.2) is 10.8 Å². The summed E-state index contributed by atoms with van der Waals surface area (Å²) in [7, 11) is 0. The second kappa shape index (κ2) is 2.85. The molecule has 2 rings (SSSR count). The first-order valence-electron chi connectivity index (χ1n) is 3.91. The molecule has 1 N–H and O–H groups in total. The third kappa shape index (κ3) is 1.21. The lowest BCUT2D eigenvalue weighted by atomic mass is 10.1. The molecule has 0 aliphatic heterocycles. The number of hydrogen-bond donors (Lipinski definition) is 1. The van der Waals surface area contributed by atoms with Crippen LogP contribution in [-0.2, 0) is 0 Å². The molecule has 0 bridgehead atoms. The molecule has 2 aromatic rings. The molecule has 0 saturated heterocycles. The molecule has 0 amide bonds. The van der Waals surface area contributed by atoms with E-state index in [0.717, 1.165) is 10.1 Å². The first-order chi connectivity index (χ1) is 6.20. The van der Waals surface area contributed by atoms with Gasteiger partial charge in [-0.1, -0.05) is 29.5 Å². The van der Waals surface area contributed by atoms with Crippen LogP contribution < -0.4 is 0 Å². The number of rotatable bonds is 1. The highest BCUT2D eigenvalue weighted by atomic mass is 32.1. The monoisotopic (exact) mass is 192 g/mol. The lowest BCUT2D eigenvalue weighted by Crippen LogP contribution is -1.89. The lowest BCUT2D eigenvalue weighted by Gasteiger charge is -1.92. The lowest BCUT2D eigenvalue weighted by molar-refractivity contribution is 0.101. The van der Waals surface area contributed by atoms with E-state index in [2.05, 4.69) is 0 Å². The standard InChI is InChI=1S/C10H8O2S/c1-6(11)9-7-4-2-3-5-8(7)13-10(9)12/h2-5,12H,1H3. The smallest absolute Gasteiger partial charge is 0.183 e. The zero-order chi connectivity index (χ0) is 9.42. The number of ketones is 1. The number of carbonyl (C=O) groups excluding carboxylic acids is 1. The van der Waals surface area contributed by atoms with E-state index >= 15 is 0 Å². The Morgan fingerprint density at radius 3 is 2.77 bits per heavy atom. The van der Waals surface area contributed by atoms with Crippen molar-refractivity contribution in [2.24, 2.45) is 0 Å². The van der Waals surface area contributed by atoms with Crippen molar-refractivity contribution in [3.05, 3.63) is 29.8 Å². The zero-order valence-electron chi connectivity index (χ0n) is 7.07. The van der Waals surface area contributed by atoms with E-state index in [4.69, 9.17) is 0 Å². The van der Waals surface area contributed by atoms with Gasteiger partial charge < -0.3 is 5.11 Å². The average molecular weight is 192 g/mol. The van der Waals surface area contributed by atoms with Crippen LogP contribution in [0.25, 0.3) is 10.1 Å². The van der Waals surface area contributed by atoms with Crippen LogP contribution in [-0.4, -0.2) is 10.9 Å². The summed E-state index contributed by atoms with van der Waals surface area (Å²) in [6.07, 6.45) is 0. The summed E-state index contributed by atoms with van der Waals surface area (Å²) in [6, 6.07) is 7.50. The summed E-state index contributed by atoms with van der Waals surface area (Å²) in [5, 5.41) is 10.5. The predicted octanol–water partition coefficient (Wildman–Crippen LogP) is 2.81. The van der Waals surface area contributed by atoms with Crippen molar-refractivity contribution in [1.29, 1.82) is 0 Å². The maximum atomic E-state index is 11.2. The first kappa shape index (κ1) is 8.26. The molecule has 1 aromatic carbocycles. The topological polar surface area (TPSA) is 37.3 Å². The van der Waals surface area contributed by atoms with Crippen molar-refractivity contribution in [2.45, 2.75) is 6.92 Å². The minimum Gasteiger partial charge on any atom is -0.499 e. The van der Waals surface area contributed by atoms with E-state index in [9.17, 15) is 9.90 Å². The summed E-state index contributed by atoms with van der Waals surface area (Å²) >= 11 is 1.24. The predicted molar refractivity (Wildman–Crippen MR) is 53.5 cm³/mol. The fraction of sp³-hybridized carbons (Fsp3) is 0.100. The third-order valence-electron chi connectivity index (χ3n) is 1.93. The van der Waals surface area contributed by atoms with E-state index < -0.39 is 0 Å². The van der Waals surface area contributed by atoms with Crippen LogP contribution in [0.2, 0.25) is 0 Å². The van der Waals surface area contributed by atoms with E-state index in [1.165, 1.54) is 18.3 Å². The van der Waals surface area contributed by atoms with Gasteiger partial charge in [0.05, 0.1) is 5.56 Å². The SMILES string of the molecule is CC(=O)c1c(O)sc2ccccc12. The Labute approximate surface area is 79.4 Å². The van der Waals surface area contributed by atoms with Gasteiger partial charge in [0.2, 0.25) is 0 Å². The van der Waals surface area contributed by atoms with Crippen LogP contribution in [0.3, 0.4) is 0 Å². The van der Waals surface area contributed by atoms with Crippen LogP contribution in [0.1, 0.15) is 17.3 Å². The molecule has 66 valence electrons. The Balaban J connectivity index is 2.86. The Bertz CT molecular complexity index is 471. The molecule has 0 unspecified atom stereocenters. The second-order valence-electron chi connectivity index (χ2n) is 2.83. The first-order valence-corrected chi connectivity index (χ1v) is 4.73. The van der Waals surface area contributed by atoms with Crippen LogP contribution in [0.15, 0.2) is 24.3 Å². The number of hydrogen-bond acceptors (Lipinski definition) is 3. The van der Waals surface area contributed by atoms with Gasteiger partial charge in [-0.2, -0.15) is 0 Å². The van der Waals surface area contributed by atoms with E-state index in [0.29, 0.717) is 5.56 Å². The van der Waals surface area contributed by atoms with Crippen molar-refractivity contribution in [3.8, 4) is 5.06 Å². The molecular formula is C10H8O2S. The van der Waals surface area contributed by atoms with Gasteiger partial charge in [-0.3, -0.25) is 4.79 Å². The highest BCUT2D eigenvalue weighted by Crippen LogP contribution is 2.36. The molecule has 13 heavy (non-hydrogen) atoms. The van der Waals surface area contributed by atoms with Crippen LogP contribution in [0.4, 0.5) is 0 Å². The Hall–Kier alpha value is -1.35. The number of carbonyl (C=O) groups is 1. The summed E-state index contributed by atoms with van der Waals surface area (Å²) in [5.41, 5.74) is 0.445. The maximum Gasteiger partial charge on any atom is 0.183 e. The molecule has 0 radical (unpaired) electrons. The Kier molecular flexibility index (Phi) is 1.81. The minimum absolute atomic E-state index is 0.0880.